The molecule has 0 saturated heterocycles. The van der Waals surface area contributed by atoms with Crippen molar-refractivity contribution in [1.82, 2.24) is 4.90 Å². The number of hydrogen-bond acceptors (Lipinski definition) is 6. The van der Waals surface area contributed by atoms with E-state index in [0.717, 1.165) is 103 Å². The third-order valence-corrected chi connectivity index (χ3v) is 11.8. The van der Waals surface area contributed by atoms with Crippen LogP contribution in [0.15, 0.2) is 0 Å². The summed E-state index contributed by atoms with van der Waals surface area (Å²) in [5.74, 6) is 0.445. The number of carbonyl (C=O) groups excluding carboxylic acids is 1. The molecule has 330 valence electrons. The van der Waals surface area contributed by atoms with E-state index >= 15 is 0 Å². The van der Waals surface area contributed by atoms with Crippen LogP contribution in [0.2, 0.25) is 0 Å². The van der Waals surface area contributed by atoms with Gasteiger partial charge >= 0.3 is 5.97 Å². The van der Waals surface area contributed by atoms with Gasteiger partial charge in [0.25, 0.3) is 0 Å². The highest BCUT2D eigenvalue weighted by Crippen LogP contribution is 2.24. The topological polar surface area (TPSA) is 79.2 Å². The Morgan fingerprint density at radius 2 is 0.818 bits per heavy atom. The lowest BCUT2D eigenvalue weighted by Gasteiger charge is -2.24. The second-order valence-corrected chi connectivity index (χ2v) is 17.2. The number of rotatable bonds is 46. The van der Waals surface area contributed by atoms with Crippen molar-refractivity contribution in [3.63, 3.8) is 0 Å². The number of esters is 1. The van der Waals surface area contributed by atoms with Crippen LogP contribution in [-0.4, -0.2) is 66.8 Å². The molecule has 0 aliphatic rings. The molecule has 0 aromatic carbocycles. The van der Waals surface area contributed by atoms with Gasteiger partial charge in [0.15, 0.2) is 6.29 Å². The average Bonchev–Trinajstić information content (AvgIpc) is 3.19. The smallest absolute Gasteiger partial charge is 0.308 e. The Hall–Kier alpha value is -0.690. The minimum atomic E-state index is -0.606. The Kier molecular flexibility index (Phi) is 43.9. The quantitative estimate of drug-likeness (QED) is 0.0364. The van der Waals surface area contributed by atoms with E-state index in [1.165, 1.54) is 141 Å². The molecule has 0 bridgehead atoms. The summed E-state index contributed by atoms with van der Waals surface area (Å²) in [6.45, 7) is 13.9. The van der Waals surface area contributed by atoms with Gasteiger partial charge in [-0.05, 0) is 90.3 Å². The molecule has 0 heterocycles. The van der Waals surface area contributed by atoms with Crippen LogP contribution in [0.4, 0.5) is 0 Å². The first-order chi connectivity index (χ1) is 27.0. The predicted octanol–water partition coefficient (Wildman–Crippen LogP) is 14.1. The zero-order valence-electron chi connectivity index (χ0n) is 37.8. The van der Waals surface area contributed by atoms with E-state index in [9.17, 15) is 15.0 Å². The van der Waals surface area contributed by atoms with Crippen LogP contribution < -0.4 is 0 Å². The van der Waals surface area contributed by atoms with Gasteiger partial charge in [0.2, 0.25) is 0 Å². The van der Waals surface area contributed by atoms with E-state index in [-0.39, 0.29) is 17.8 Å². The second kappa shape index (κ2) is 44.4. The third kappa shape index (κ3) is 37.3. The fourth-order valence-electron chi connectivity index (χ4n) is 7.99. The molecule has 55 heavy (non-hydrogen) atoms. The summed E-state index contributed by atoms with van der Waals surface area (Å²) in [5.41, 5.74) is 0. The van der Waals surface area contributed by atoms with Crippen LogP contribution in [0.1, 0.15) is 252 Å². The lowest BCUT2D eigenvalue weighted by atomic mass is 9.93. The SMILES string of the molecule is CCCCCCCCC(CCCCCC)C(=O)OCCCCCCN(CCCCCO)CCCCCCOC(O)C(CCCCCC)CCCCCCCC. The van der Waals surface area contributed by atoms with E-state index in [0.29, 0.717) is 19.8 Å². The summed E-state index contributed by atoms with van der Waals surface area (Å²) in [6.07, 6.45) is 41.1. The van der Waals surface area contributed by atoms with Gasteiger partial charge < -0.3 is 24.6 Å². The molecular formula is C49H99NO5. The largest absolute Gasteiger partial charge is 0.465 e. The Bertz CT molecular complexity index is 751. The first kappa shape index (κ1) is 54.3. The standard InChI is InChI=1S/C49H99NO5/c1-5-9-13-17-19-28-38-46(36-26-15-11-7-3)48(52)54-44-34-23-21-30-40-50(42-32-25-33-43-51)41-31-22-24-35-45-55-49(53)47(37-27-16-12-8-4)39-29-20-18-14-10-6-2/h46-48,51-52H,5-45H2,1-4H3. The zero-order valence-corrected chi connectivity index (χ0v) is 37.8. The number of ether oxygens (including phenoxy) is 2. The number of carbonyl (C=O) groups is 1. The summed E-state index contributed by atoms with van der Waals surface area (Å²) < 4.78 is 11.9. The minimum absolute atomic E-state index is 0.0624. The molecule has 0 saturated carbocycles. The normalized spacial score (nSPS) is 13.4. The monoisotopic (exact) mass is 782 g/mol. The summed E-state index contributed by atoms with van der Waals surface area (Å²) >= 11 is 0. The van der Waals surface area contributed by atoms with Gasteiger partial charge in [-0.2, -0.15) is 0 Å². The number of unbranched alkanes of at least 4 members (excludes halogenated alkanes) is 24. The fourth-order valence-corrected chi connectivity index (χ4v) is 7.99. The number of aliphatic hydroxyl groups is 2. The van der Waals surface area contributed by atoms with E-state index < -0.39 is 6.29 Å². The highest BCUT2D eigenvalue weighted by atomic mass is 16.6. The molecule has 6 heteroatoms. The summed E-state index contributed by atoms with van der Waals surface area (Å²) in [5, 5.41) is 20.2. The summed E-state index contributed by atoms with van der Waals surface area (Å²) in [6, 6.07) is 0. The molecule has 0 aliphatic carbocycles. The molecule has 3 atom stereocenters. The maximum absolute atomic E-state index is 13.0. The predicted molar refractivity (Wildman–Crippen MR) is 238 cm³/mol. The van der Waals surface area contributed by atoms with Gasteiger partial charge in [0.05, 0.1) is 12.5 Å². The van der Waals surface area contributed by atoms with Crippen molar-refractivity contribution < 1.29 is 24.5 Å². The Morgan fingerprint density at radius 3 is 1.29 bits per heavy atom. The molecule has 6 nitrogen and oxygen atoms in total. The molecule has 0 amide bonds. The van der Waals surface area contributed by atoms with Crippen LogP contribution in [0.25, 0.3) is 0 Å². The van der Waals surface area contributed by atoms with Crippen molar-refractivity contribution in [1.29, 1.82) is 0 Å². The van der Waals surface area contributed by atoms with E-state index in [1.807, 2.05) is 0 Å². The van der Waals surface area contributed by atoms with Crippen LogP contribution in [0.5, 0.6) is 0 Å². The second-order valence-electron chi connectivity index (χ2n) is 17.2. The molecule has 0 aromatic rings. The van der Waals surface area contributed by atoms with Crippen LogP contribution >= 0.6 is 0 Å². The Morgan fingerprint density at radius 1 is 0.455 bits per heavy atom. The molecule has 0 rings (SSSR count). The third-order valence-electron chi connectivity index (χ3n) is 11.8. The van der Waals surface area contributed by atoms with Crippen LogP contribution in [-0.2, 0) is 14.3 Å². The van der Waals surface area contributed by atoms with Crippen molar-refractivity contribution in [3.8, 4) is 0 Å². The van der Waals surface area contributed by atoms with Gasteiger partial charge in [0.1, 0.15) is 0 Å². The number of hydrogen-bond donors (Lipinski definition) is 2. The minimum Gasteiger partial charge on any atom is -0.465 e. The Labute approximate surface area is 344 Å². The fraction of sp³-hybridized carbons (Fsp3) is 0.980. The number of aliphatic hydroxyl groups excluding tert-OH is 2. The van der Waals surface area contributed by atoms with Gasteiger partial charge in [-0.15, -0.1) is 0 Å². The Balaban J connectivity index is 4.42. The van der Waals surface area contributed by atoms with Crippen molar-refractivity contribution in [2.24, 2.45) is 11.8 Å². The molecule has 0 spiro atoms. The molecule has 3 unspecified atom stereocenters. The molecule has 0 aromatic heterocycles. The van der Waals surface area contributed by atoms with Crippen molar-refractivity contribution in [2.75, 3.05) is 39.5 Å². The van der Waals surface area contributed by atoms with Crippen molar-refractivity contribution in [2.45, 2.75) is 259 Å². The van der Waals surface area contributed by atoms with E-state index in [4.69, 9.17) is 9.47 Å². The molecular weight excluding hydrogens is 683 g/mol. The van der Waals surface area contributed by atoms with Crippen LogP contribution in [0, 0.1) is 11.8 Å². The van der Waals surface area contributed by atoms with Gasteiger partial charge in [-0.1, -0.05) is 182 Å². The molecule has 0 aliphatic heterocycles. The first-order valence-electron chi connectivity index (χ1n) is 24.8. The highest BCUT2D eigenvalue weighted by molar-refractivity contribution is 5.72. The molecule has 0 radical (unpaired) electrons. The molecule has 0 fully saturated rings. The van der Waals surface area contributed by atoms with Crippen molar-refractivity contribution in [3.05, 3.63) is 0 Å². The summed E-state index contributed by atoms with van der Waals surface area (Å²) in [7, 11) is 0. The highest BCUT2D eigenvalue weighted by Gasteiger charge is 2.20. The number of nitrogens with zero attached hydrogens (tertiary/aromatic N) is 1. The maximum atomic E-state index is 13.0. The van der Waals surface area contributed by atoms with E-state index in [1.54, 1.807) is 0 Å². The summed E-state index contributed by atoms with van der Waals surface area (Å²) in [4.78, 5) is 15.6. The molecule has 2 N–H and O–H groups in total. The first-order valence-corrected chi connectivity index (χ1v) is 24.8. The lowest BCUT2D eigenvalue weighted by Crippen LogP contribution is -2.27. The van der Waals surface area contributed by atoms with Crippen LogP contribution in [0.3, 0.4) is 0 Å². The van der Waals surface area contributed by atoms with E-state index in [2.05, 4.69) is 32.6 Å². The zero-order chi connectivity index (χ0) is 40.3. The maximum Gasteiger partial charge on any atom is 0.308 e. The van der Waals surface area contributed by atoms with Crippen molar-refractivity contribution >= 4 is 5.97 Å². The van der Waals surface area contributed by atoms with Gasteiger partial charge in [-0.25, -0.2) is 0 Å². The lowest BCUT2D eigenvalue weighted by molar-refractivity contribution is -0.149. The van der Waals surface area contributed by atoms with Gasteiger partial charge in [0, 0.05) is 19.1 Å². The van der Waals surface area contributed by atoms with Gasteiger partial charge in [-0.3, -0.25) is 4.79 Å². The average molecular weight is 782 g/mol.